The van der Waals surface area contributed by atoms with Gasteiger partial charge in [-0.25, -0.2) is 0 Å². The summed E-state index contributed by atoms with van der Waals surface area (Å²) >= 11 is 6.08. The number of aliphatic hydroxyl groups is 1. The Morgan fingerprint density at radius 2 is 2.28 bits per heavy atom. The molecule has 1 aromatic heterocycles. The molecule has 0 radical (unpaired) electrons. The number of ether oxygens (including phenoxy) is 1. The van der Waals surface area contributed by atoms with Crippen molar-refractivity contribution in [3.8, 4) is 0 Å². The summed E-state index contributed by atoms with van der Waals surface area (Å²) < 4.78 is 11.1. The van der Waals surface area contributed by atoms with Gasteiger partial charge in [0.2, 0.25) is 0 Å². The summed E-state index contributed by atoms with van der Waals surface area (Å²) in [5, 5.41) is 12.1. The van der Waals surface area contributed by atoms with Crippen molar-refractivity contribution in [2.45, 2.75) is 18.9 Å². The number of benzene rings is 1. The van der Waals surface area contributed by atoms with Crippen LogP contribution in [0.4, 0.5) is 0 Å². The molecular weight excluding hydrogens is 252 g/mol. The molecule has 2 atom stereocenters. The van der Waals surface area contributed by atoms with Crippen molar-refractivity contribution in [3.05, 3.63) is 35.0 Å². The van der Waals surface area contributed by atoms with Gasteiger partial charge in [0.25, 0.3) is 0 Å². The number of hydrogen-bond acceptors (Lipinski definition) is 3. The maximum absolute atomic E-state index is 10.7. The number of rotatable bonds is 2. The van der Waals surface area contributed by atoms with Crippen LogP contribution < -0.4 is 0 Å². The highest BCUT2D eigenvalue weighted by atomic mass is 35.5. The average molecular weight is 267 g/mol. The molecule has 0 aliphatic carbocycles. The summed E-state index contributed by atoms with van der Waals surface area (Å²) in [6, 6.07) is 7.44. The van der Waals surface area contributed by atoms with Gasteiger partial charge in [-0.15, -0.1) is 0 Å². The smallest absolute Gasteiger partial charge is 0.153 e. The van der Waals surface area contributed by atoms with E-state index in [1.54, 1.807) is 13.0 Å². The van der Waals surface area contributed by atoms with Crippen molar-refractivity contribution >= 4 is 22.6 Å². The highest BCUT2D eigenvalue weighted by Gasteiger charge is 2.39. The van der Waals surface area contributed by atoms with Crippen LogP contribution in [-0.4, -0.2) is 18.3 Å². The number of halogens is 1. The maximum atomic E-state index is 10.7. The summed E-state index contributed by atoms with van der Waals surface area (Å²) in [5.74, 6) is 0.623. The monoisotopic (exact) mass is 266 g/mol. The van der Waals surface area contributed by atoms with E-state index in [0.717, 1.165) is 11.8 Å². The molecule has 0 amide bonds. The molecule has 18 heavy (non-hydrogen) atoms. The third-order valence-corrected chi connectivity index (χ3v) is 4.02. The van der Waals surface area contributed by atoms with Gasteiger partial charge in [0.05, 0.1) is 11.6 Å². The van der Waals surface area contributed by atoms with Gasteiger partial charge in [-0.05, 0) is 25.5 Å². The van der Waals surface area contributed by atoms with E-state index < -0.39 is 5.60 Å². The first-order valence-electron chi connectivity index (χ1n) is 6.07. The Bertz CT molecular complexity index is 567. The zero-order valence-corrected chi connectivity index (χ0v) is 10.9. The Kier molecular flexibility index (Phi) is 2.85. The first-order chi connectivity index (χ1) is 8.59. The molecule has 0 saturated carbocycles. The predicted molar refractivity (Wildman–Crippen MR) is 69.7 cm³/mol. The van der Waals surface area contributed by atoms with Crippen molar-refractivity contribution in [1.82, 2.24) is 0 Å². The number of fused-ring (bicyclic) bond motifs is 1. The van der Waals surface area contributed by atoms with Crippen LogP contribution in [0.1, 0.15) is 19.1 Å². The summed E-state index contributed by atoms with van der Waals surface area (Å²) in [4.78, 5) is 0. The average Bonchev–Trinajstić information content (AvgIpc) is 2.99. The van der Waals surface area contributed by atoms with E-state index in [2.05, 4.69) is 0 Å². The molecule has 3 rings (SSSR count). The Morgan fingerprint density at radius 3 is 2.94 bits per heavy atom. The van der Waals surface area contributed by atoms with Crippen molar-refractivity contribution in [3.63, 3.8) is 0 Å². The fourth-order valence-electron chi connectivity index (χ4n) is 2.46. The van der Waals surface area contributed by atoms with Crippen LogP contribution in [0.3, 0.4) is 0 Å². The van der Waals surface area contributed by atoms with Gasteiger partial charge in [0.15, 0.2) is 5.58 Å². The first-order valence-corrected chi connectivity index (χ1v) is 6.45. The molecule has 1 aliphatic heterocycles. The van der Waals surface area contributed by atoms with E-state index in [4.69, 9.17) is 20.8 Å². The van der Waals surface area contributed by atoms with Gasteiger partial charge in [0, 0.05) is 17.9 Å². The molecule has 96 valence electrons. The molecule has 0 bridgehead atoms. The van der Waals surface area contributed by atoms with Crippen molar-refractivity contribution < 1.29 is 14.3 Å². The van der Waals surface area contributed by atoms with Crippen LogP contribution in [0.5, 0.6) is 0 Å². The third kappa shape index (κ3) is 1.83. The zero-order chi connectivity index (χ0) is 12.8. The fraction of sp³-hybridized carbons (Fsp3) is 0.429. The molecular formula is C14H15ClO3. The quantitative estimate of drug-likeness (QED) is 0.907. The van der Waals surface area contributed by atoms with Crippen LogP contribution >= 0.6 is 11.6 Å². The summed E-state index contributed by atoms with van der Waals surface area (Å²) in [6.45, 7) is 3.04. The lowest BCUT2D eigenvalue weighted by Gasteiger charge is -2.26. The van der Waals surface area contributed by atoms with E-state index in [9.17, 15) is 5.11 Å². The first kappa shape index (κ1) is 12.0. The SMILES string of the molecule is CC(O)(c1cc2cccc(Cl)c2o1)C1CCOC1. The van der Waals surface area contributed by atoms with E-state index in [-0.39, 0.29) is 5.92 Å². The lowest BCUT2D eigenvalue weighted by molar-refractivity contribution is -0.0265. The Balaban J connectivity index is 2.05. The minimum Gasteiger partial charge on any atom is -0.456 e. The van der Waals surface area contributed by atoms with Crippen LogP contribution in [0.25, 0.3) is 11.0 Å². The van der Waals surface area contributed by atoms with E-state index >= 15 is 0 Å². The molecule has 1 fully saturated rings. The van der Waals surface area contributed by atoms with Gasteiger partial charge < -0.3 is 14.3 Å². The molecule has 1 aliphatic rings. The van der Waals surface area contributed by atoms with Gasteiger partial charge in [-0.2, -0.15) is 0 Å². The van der Waals surface area contributed by atoms with E-state index in [0.29, 0.717) is 29.6 Å². The Labute approximate surface area is 110 Å². The fourth-order valence-corrected chi connectivity index (χ4v) is 2.68. The van der Waals surface area contributed by atoms with Crippen LogP contribution in [0.2, 0.25) is 5.02 Å². The molecule has 1 N–H and O–H groups in total. The van der Waals surface area contributed by atoms with Crippen molar-refractivity contribution in [2.75, 3.05) is 13.2 Å². The second-order valence-corrected chi connectivity index (χ2v) is 5.38. The van der Waals surface area contributed by atoms with Crippen molar-refractivity contribution in [2.24, 2.45) is 5.92 Å². The molecule has 2 unspecified atom stereocenters. The normalized spacial score (nSPS) is 23.4. The summed E-state index contributed by atoms with van der Waals surface area (Å²) in [6.07, 6.45) is 0.845. The van der Waals surface area contributed by atoms with E-state index in [1.165, 1.54) is 0 Å². The number of hydrogen-bond donors (Lipinski definition) is 1. The highest BCUT2D eigenvalue weighted by molar-refractivity contribution is 6.34. The largest absolute Gasteiger partial charge is 0.456 e. The molecule has 3 nitrogen and oxygen atoms in total. The number of para-hydroxylation sites is 1. The van der Waals surface area contributed by atoms with Crippen molar-refractivity contribution in [1.29, 1.82) is 0 Å². The molecule has 4 heteroatoms. The lowest BCUT2D eigenvalue weighted by atomic mass is 9.86. The Hall–Kier alpha value is -1.03. The van der Waals surface area contributed by atoms with Crippen LogP contribution in [0.15, 0.2) is 28.7 Å². The van der Waals surface area contributed by atoms with Gasteiger partial charge >= 0.3 is 0 Å². The lowest BCUT2D eigenvalue weighted by Crippen LogP contribution is -2.31. The summed E-state index contributed by atoms with van der Waals surface area (Å²) in [5.41, 5.74) is -0.382. The van der Waals surface area contributed by atoms with Gasteiger partial charge in [-0.1, -0.05) is 23.7 Å². The molecule has 0 spiro atoms. The number of furan rings is 1. The van der Waals surface area contributed by atoms with Gasteiger partial charge in [0.1, 0.15) is 11.4 Å². The minimum absolute atomic E-state index is 0.0665. The maximum Gasteiger partial charge on any atom is 0.153 e. The molecule has 1 aromatic carbocycles. The topological polar surface area (TPSA) is 42.6 Å². The standard InChI is InChI=1S/C14H15ClO3/c1-14(16,10-5-6-17-8-10)12-7-9-3-2-4-11(15)13(9)18-12/h2-4,7,10,16H,5-6,8H2,1H3. The van der Waals surface area contributed by atoms with Gasteiger partial charge in [-0.3, -0.25) is 0 Å². The molecule has 1 saturated heterocycles. The summed E-state index contributed by atoms with van der Waals surface area (Å²) in [7, 11) is 0. The van der Waals surface area contributed by atoms with Crippen LogP contribution in [-0.2, 0) is 10.3 Å². The zero-order valence-electron chi connectivity index (χ0n) is 10.1. The second-order valence-electron chi connectivity index (χ2n) is 4.98. The van der Waals surface area contributed by atoms with Crippen LogP contribution in [0, 0.1) is 5.92 Å². The Morgan fingerprint density at radius 1 is 1.44 bits per heavy atom. The second kappa shape index (κ2) is 4.26. The predicted octanol–water partition coefficient (Wildman–Crippen LogP) is 3.33. The molecule has 2 heterocycles. The third-order valence-electron chi connectivity index (χ3n) is 3.72. The van der Waals surface area contributed by atoms with E-state index in [1.807, 2.05) is 18.2 Å². The molecule has 2 aromatic rings. The minimum atomic E-state index is -1.02. The highest BCUT2D eigenvalue weighted by Crippen LogP contribution is 2.38.